The lowest BCUT2D eigenvalue weighted by atomic mass is 10.0. The molecule has 0 radical (unpaired) electrons. The van der Waals surface area contributed by atoms with Crippen LogP contribution in [0.5, 0.6) is 0 Å². The number of anilines is 2. The average molecular weight is 578 g/mol. The van der Waals surface area contributed by atoms with Gasteiger partial charge in [0.15, 0.2) is 5.82 Å². The van der Waals surface area contributed by atoms with E-state index in [2.05, 4.69) is 15.3 Å². The molecule has 0 bridgehead atoms. The first-order valence-electron chi connectivity index (χ1n) is 11.4. The molecule has 16 heteroatoms. The van der Waals surface area contributed by atoms with Crippen molar-refractivity contribution in [2.24, 2.45) is 12.8 Å². The van der Waals surface area contributed by atoms with E-state index >= 15 is 4.39 Å². The third-order valence-electron chi connectivity index (χ3n) is 5.77. The first kappa shape index (κ1) is 29.6. The van der Waals surface area contributed by atoms with Crippen LogP contribution in [0.25, 0.3) is 22.2 Å². The molecular formula is C22H27ClF3N7O4S. The number of fused-ring (bicyclic) bond motifs is 1. The predicted molar refractivity (Wildman–Crippen MR) is 139 cm³/mol. The van der Waals surface area contributed by atoms with Crippen LogP contribution in [0.4, 0.5) is 24.8 Å². The Morgan fingerprint density at radius 1 is 1.26 bits per heavy atom. The number of ether oxygens (including phenoxy) is 1. The lowest BCUT2D eigenvalue weighted by Crippen LogP contribution is -2.34. The Kier molecular flexibility index (Phi) is 9.54. The van der Waals surface area contributed by atoms with E-state index in [1.807, 2.05) is 4.72 Å². The molecule has 2 aromatic heterocycles. The molecule has 1 atom stereocenters. The highest BCUT2D eigenvalue weighted by Gasteiger charge is 2.32. The minimum atomic E-state index is -4.30. The van der Waals surface area contributed by atoms with Crippen molar-refractivity contribution < 1.29 is 26.3 Å². The largest absolute Gasteiger partial charge is 0.378 e. The van der Waals surface area contributed by atoms with Crippen molar-refractivity contribution in [1.29, 1.82) is 0 Å². The van der Waals surface area contributed by atoms with Gasteiger partial charge >= 0.3 is 10.2 Å². The van der Waals surface area contributed by atoms with Crippen LogP contribution in [0.15, 0.2) is 29.2 Å². The van der Waals surface area contributed by atoms with E-state index in [9.17, 15) is 22.0 Å². The van der Waals surface area contributed by atoms with Gasteiger partial charge in [-0.25, -0.2) is 18.2 Å². The van der Waals surface area contributed by atoms with Crippen LogP contribution in [0.3, 0.4) is 0 Å². The van der Waals surface area contributed by atoms with Gasteiger partial charge in [-0.05, 0) is 24.6 Å². The summed E-state index contributed by atoms with van der Waals surface area (Å²) in [6.45, 7) is 1.11. The molecule has 3 heterocycles. The van der Waals surface area contributed by atoms with Gasteiger partial charge in [-0.15, -0.1) is 12.4 Å². The number of aromatic nitrogens is 3. The zero-order valence-electron chi connectivity index (χ0n) is 20.3. The van der Waals surface area contributed by atoms with Crippen molar-refractivity contribution in [2.75, 3.05) is 49.4 Å². The third-order valence-corrected chi connectivity index (χ3v) is 7.26. The Hall–Kier alpha value is -2.98. The number of nitrogens with zero attached hydrogens (tertiary/aromatic N) is 4. The Morgan fingerprint density at radius 2 is 2.03 bits per heavy atom. The second kappa shape index (κ2) is 12.3. The van der Waals surface area contributed by atoms with Gasteiger partial charge in [0.2, 0.25) is 5.95 Å². The Bertz CT molecular complexity index is 1480. The molecule has 0 amide bonds. The number of aryl methyl sites for hydroxylation is 1. The van der Waals surface area contributed by atoms with Crippen molar-refractivity contribution in [2.45, 2.75) is 12.6 Å². The number of nitrogens with one attached hydrogen (secondary N) is 2. The number of halogens is 4. The third kappa shape index (κ3) is 6.18. The Morgan fingerprint density at radius 3 is 2.71 bits per heavy atom. The summed E-state index contributed by atoms with van der Waals surface area (Å²) >= 11 is 0. The predicted octanol–water partition coefficient (Wildman–Crippen LogP) is 1.78. The SMILES string of the molecule is Cl.Cn1c(=O)c(-c2c(F)ccc(NS(=O)(=O)N3CC[C@@H](F)C3)c2F)cc2cnc(NCCOCCN)nc21. The second-order valence-electron chi connectivity index (χ2n) is 8.36. The van der Waals surface area contributed by atoms with Crippen LogP contribution in [0.2, 0.25) is 0 Å². The molecule has 0 unspecified atom stereocenters. The Labute approximate surface area is 222 Å². The van der Waals surface area contributed by atoms with E-state index in [1.54, 1.807) is 0 Å². The lowest BCUT2D eigenvalue weighted by Gasteiger charge is -2.18. The van der Waals surface area contributed by atoms with Crippen LogP contribution in [0.1, 0.15) is 6.42 Å². The first-order chi connectivity index (χ1) is 17.6. The van der Waals surface area contributed by atoms with E-state index in [0.717, 1.165) is 21.0 Å². The van der Waals surface area contributed by atoms with Crippen molar-refractivity contribution in [3.05, 3.63) is 46.4 Å². The van der Waals surface area contributed by atoms with Crippen molar-refractivity contribution in [1.82, 2.24) is 18.8 Å². The number of benzene rings is 1. The van der Waals surface area contributed by atoms with Crippen LogP contribution < -0.4 is 21.3 Å². The fourth-order valence-electron chi connectivity index (χ4n) is 3.92. The van der Waals surface area contributed by atoms with Crippen molar-refractivity contribution >= 4 is 45.3 Å². The molecule has 0 aliphatic carbocycles. The van der Waals surface area contributed by atoms with E-state index < -0.39 is 44.8 Å². The van der Waals surface area contributed by atoms with Gasteiger partial charge in [0.1, 0.15) is 17.6 Å². The Balaban J connectivity index is 0.00000400. The molecule has 1 aliphatic rings. The van der Waals surface area contributed by atoms with Crippen LogP contribution in [-0.2, 0) is 22.0 Å². The zero-order chi connectivity index (χ0) is 26.7. The van der Waals surface area contributed by atoms with Gasteiger partial charge in [0, 0.05) is 44.8 Å². The molecule has 1 fully saturated rings. The van der Waals surface area contributed by atoms with Gasteiger partial charge in [-0.1, -0.05) is 0 Å². The summed E-state index contributed by atoms with van der Waals surface area (Å²) in [5, 5.41) is 3.26. The summed E-state index contributed by atoms with van der Waals surface area (Å²) in [6.07, 6.45) is 0.0811. The molecule has 208 valence electrons. The highest BCUT2D eigenvalue weighted by molar-refractivity contribution is 7.90. The van der Waals surface area contributed by atoms with Crippen LogP contribution >= 0.6 is 12.4 Å². The highest BCUT2D eigenvalue weighted by atomic mass is 35.5. The molecule has 11 nitrogen and oxygen atoms in total. The van der Waals surface area contributed by atoms with Crippen molar-refractivity contribution in [3.8, 4) is 11.1 Å². The van der Waals surface area contributed by atoms with E-state index in [-0.39, 0.29) is 49.1 Å². The maximum absolute atomic E-state index is 15.4. The highest BCUT2D eigenvalue weighted by Crippen LogP contribution is 2.31. The number of pyridine rings is 1. The monoisotopic (exact) mass is 577 g/mol. The number of nitrogens with two attached hydrogens (primary N) is 1. The molecule has 3 aromatic rings. The molecule has 1 saturated heterocycles. The van der Waals surface area contributed by atoms with E-state index in [0.29, 0.717) is 31.7 Å². The fraction of sp³-hybridized carbons (Fsp3) is 0.409. The fourth-order valence-corrected chi connectivity index (χ4v) is 5.19. The van der Waals surface area contributed by atoms with Gasteiger partial charge in [-0.2, -0.15) is 17.7 Å². The van der Waals surface area contributed by atoms with Crippen LogP contribution in [-0.4, -0.2) is 72.8 Å². The van der Waals surface area contributed by atoms with E-state index in [1.165, 1.54) is 19.3 Å². The quantitative estimate of drug-likeness (QED) is 0.309. The maximum atomic E-state index is 15.4. The molecular weight excluding hydrogens is 551 g/mol. The molecule has 1 aromatic carbocycles. The molecule has 0 spiro atoms. The van der Waals surface area contributed by atoms with Gasteiger partial charge in [0.25, 0.3) is 5.56 Å². The number of alkyl halides is 1. The number of rotatable bonds is 10. The van der Waals surface area contributed by atoms with Gasteiger partial charge < -0.3 is 15.8 Å². The van der Waals surface area contributed by atoms with E-state index in [4.69, 9.17) is 10.5 Å². The van der Waals surface area contributed by atoms with Gasteiger partial charge in [-0.3, -0.25) is 14.1 Å². The molecule has 1 aliphatic heterocycles. The number of hydrogen-bond donors (Lipinski definition) is 3. The minimum absolute atomic E-state index is 0. The van der Waals surface area contributed by atoms with Crippen LogP contribution in [0, 0.1) is 11.6 Å². The zero-order valence-corrected chi connectivity index (χ0v) is 21.9. The van der Waals surface area contributed by atoms with Gasteiger partial charge in [0.05, 0.1) is 30.0 Å². The molecule has 38 heavy (non-hydrogen) atoms. The normalized spacial score (nSPS) is 16.0. The summed E-state index contributed by atoms with van der Waals surface area (Å²) in [7, 11) is -2.91. The topological polar surface area (TPSA) is 144 Å². The summed E-state index contributed by atoms with van der Waals surface area (Å²) in [6, 6.07) is 2.98. The standard InChI is InChI=1S/C22H26F3N7O4S.ClH/c1-31-20-13(11-28-22(29-20)27-6-9-36-8-5-26)10-15(21(31)33)18-16(24)2-3-17(19(18)25)30-37(34,35)32-7-4-14(23)12-32;/h2-3,10-11,14,30H,4-9,12,26H2,1H3,(H,27,28,29);1H/t14-;/m1./s1. The summed E-state index contributed by atoms with van der Waals surface area (Å²) in [5.41, 5.74) is 3.16. The first-order valence-corrected chi connectivity index (χ1v) is 12.8. The maximum Gasteiger partial charge on any atom is 0.301 e. The summed E-state index contributed by atoms with van der Waals surface area (Å²) in [4.78, 5) is 21.6. The average Bonchev–Trinajstić information content (AvgIpc) is 3.31. The second-order valence-corrected chi connectivity index (χ2v) is 10.0. The summed E-state index contributed by atoms with van der Waals surface area (Å²) in [5.74, 6) is -2.14. The minimum Gasteiger partial charge on any atom is -0.378 e. The molecule has 4 N–H and O–H groups in total. The summed E-state index contributed by atoms with van der Waals surface area (Å²) < 4.78 is 78.1. The van der Waals surface area contributed by atoms with Crippen molar-refractivity contribution in [3.63, 3.8) is 0 Å². The number of hydrogen-bond acceptors (Lipinski definition) is 8. The molecule has 0 saturated carbocycles. The smallest absolute Gasteiger partial charge is 0.301 e. The lowest BCUT2D eigenvalue weighted by molar-refractivity contribution is 0.151. The molecule has 4 rings (SSSR count).